The highest BCUT2D eigenvalue weighted by molar-refractivity contribution is 7.98. The normalized spacial score (nSPS) is 15.6. The van der Waals surface area contributed by atoms with Crippen molar-refractivity contribution in [1.82, 2.24) is 26.6 Å². The van der Waals surface area contributed by atoms with Crippen molar-refractivity contribution in [2.24, 2.45) is 28.1 Å². The summed E-state index contributed by atoms with van der Waals surface area (Å²) in [6.07, 6.45) is 1.48. The third-order valence-corrected chi connectivity index (χ3v) is 7.16. The number of nitrogens with two attached hydrogens (primary N) is 3. The van der Waals surface area contributed by atoms with Gasteiger partial charge in [-0.05, 0) is 51.0 Å². The minimum Gasteiger partial charge on any atom is -0.480 e. The molecule has 0 unspecified atom stereocenters. The van der Waals surface area contributed by atoms with Crippen LogP contribution < -0.4 is 43.8 Å². The van der Waals surface area contributed by atoms with Crippen LogP contribution in [0.5, 0.6) is 0 Å². The zero-order valence-electron chi connectivity index (χ0n) is 25.9. The van der Waals surface area contributed by atoms with E-state index in [1.807, 2.05) is 0 Å². The first-order valence-electron chi connectivity index (χ1n) is 14.2. The predicted octanol–water partition coefficient (Wildman–Crippen LogP) is -3.29. The summed E-state index contributed by atoms with van der Waals surface area (Å²) >= 11 is 1.40. The maximum atomic E-state index is 13.1. The van der Waals surface area contributed by atoms with Crippen LogP contribution in [0.25, 0.3) is 0 Å². The topological polar surface area (TPSA) is 293 Å². The Morgan fingerprint density at radius 2 is 1.43 bits per heavy atom. The van der Waals surface area contributed by atoms with E-state index in [0.717, 1.165) is 0 Å². The minimum atomic E-state index is -1.51. The van der Waals surface area contributed by atoms with E-state index in [1.54, 1.807) is 20.1 Å². The number of carbonyl (C=O) groups is 6. The summed E-state index contributed by atoms with van der Waals surface area (Å²) in [5, 5.41) is 31.9. The zero-order valence-corrected chi connectivity index (χ0v) is 26.7. The Bertz CT molecular complexity index is 1010. The molecular weight excluding hydrogens is 598 g/mol. The monoisotopic (exact) mass is 647 g/mol. The second kappa shape index (κ2) is 21.1. The first-order valence-corrected chi connectivity index (χ1v) is 15.6. The number of amides is 5. The molecule has 0 spiro atoms. The Balaban J connectivity index is 5.47. The van der Waals surface area contributed by atoms with Crippen molar-refractivity contribution in [2.45, 2.75) is 89.7 Å². The van der Waals surface area contributed by atoms with Crippen LogP contribution in [0.2, 0.25) is 0 Å². The number of nitrogens with one attached hydrogen (secondary N) is 5. The molecule has 5 amide bonds. The van der Waals surface area contributed by atoms with Crippen LogP contribution in [-0.2, 0) is 28.8 Å². The number of aliphatic hydroxyl groups excluding tert-OH is 1. The lowest BCUT2D eigenvalue weighted by molar-refractivity contribution is -0.144. The van der Waals surface area contributed by atoms with E-state index in [4.69, 9.17) is 17.2 Å². The number of hydrogen-bond donors (Lipinski definition) is 10. The first-order chi connectivity index (χ1) is 20.5. The summed E-state index contributed by atoms with van der Waals surface area (Å²) < 4.78 is 0. The fraction of sp³-hybridized carbons (Fsp3) is 0.731. The highest BCUT2D eigenvalue weighted by Crippen LogP contribution is 2.10. The molecule has 7 atom stereocenters. The number of guanidine groups is 1. The predicted molar refractivity (Wildman–Crippen MR) is 166 cm³/mol. The fourth-order valence-electron chi connectivity index (χ4n) is 3.70. The molecule has 0 rings (SSSR count). The Morgan fingerprint density at radius 1 is 0.841 bits per heavy atom. The number of nitrogens with zero attached hydrogens (tertiary/aromatic N) is 1. The molecule has 252 valence electrons. The largest absolute Gasteiger partial charge is 0.480 e. The number of aliphatic carboxylic acids is 1. The molecule has 0 saturated carbocycles. The van der Waals surface area contributed by atoms with Crippen molar-refractivity contribution < 1.29 is 39.0 Å². The number of carboxylic acid groups (broad SMARTS) is 1. The van der Waals surface area contributed by atoms with E-state index in [-0.39, 0.29) is 31.3 Å². The molecule has 0 aliphatic heterocycles. The molecule has 0 aliphatic carbocycles. The van der Waals surface area contributed by atoms with Gasteiger partial charge in [-0.1, -0.05) is 20.3 Å². The van der Waals surface area contributed by atoms with Crippen molar-refractivity contribution in [1.29, 1.82) is 0 Å². The maximum absolute atomic E-state index is 13.1. The first kappa shape index (κ1) is 40.4. The van der Waals surface area contributed by atoms with Crippen molar-refractivity contribution in [3.63, 3.8) is 0 Å². The van der Waals surface area contributed by atoms with Crippen LogP contribution in [0, 0.1) is 5.92 Å². The molecule has 0 aromatic rings. The smallest absolute Gasteiger partial charge is 0.326 e. The lowest BCUT2D eigenvalue weighted by Gasteiger charge is -2.27. The third kappa shape index (κ3) is 15.7. The van der Waals surface area contributed by atoms with Gasteiger partial charge in [-0.3, -0.25) is 29.0 Å². The van der Waals surface area contributed by atoms with Gasteiger partial charge >= 0.3 is 5.97 Å². The van der Waals surface area contributed by atoms with Gasteiger partial charge in [-0.2, -0.15) is 11.8 Å². The Morgan fingerprint density at radius 3 is 1.93 bits per heavy atom. The number of rotatable bonds is 21. The molecule has 0 aliphatic rings. The minimum absolute atomic E-state index is 0.126. The van der Waals surface area contributed by atoms with Gasteiger partial charge in [0.1, 0.15) is 24.2 Å². The van der Waals surface area contributed by atoms with Gasteiger partial charge in [0.25, 0.3) is 0 Å². The average Bonchev–Trinajstić information content (AvgIpc) is 2.95. The maximum Gasteiger partial charge on any atom is 0.326 e. The number of aliphatic hydroxyl groups is 1. The van der Waals surface area contributed by atoms with E-state index in [1.165, 1.54) is 25.6 Å². The van der Waals surface area contributed by atoms with E-state index >= 15 is 0 Å². The van der Waals surface area contributed by atoms with Crippen molar-refractivity contribution in [2.75, 3.05) is 25.1 Å². The second-order valence-corrected chi connectivity index (χ2v) is 11.3. The second-order valence-electron chi connectivity index (χ2n) is 10.4. The van der Waals surface area contributed by atoms with Gasteiger partial charge in [0.15, 0.2) is 5.96 Å². The van der Waals surface area contributed by atoms with Crippen LogP contribution in [0.3, 0.4) is 0 Å². The SMILES string of the molecule is CC[C@H](C)[C@H](NC(=O)[C@H](CCSC)NC(=O)[C@@H](NC(=O)CNC(=O)[C@H](CCCN=C(N)N)NC(=O)[C@H](C)N)[C@@H](C)O)C(=O)O. The Kier molecular flexibility index (Phi) is 19.4. The highest BCUT2D eigenvalue weighted by atomic mass is 32.2. The summed E-state index contributed by atoms with van der Waals surface area (Å²) in [6, 6.07) is -5.80. The van der Waals surface area contributed by atoms with E-state index in [2.05, 4.69) is 31.6 Å². The molecule has 17 nitrogen and oxygen atoms in total. The molecule has 13 N–H and O–H groups in total. The van der Waals surface area contributed by atoms with Gasteiger partial charge in [0, 0.05) is 6.54 Å². The molecule has 0 fully saturated rings. The number of hydrogen-bond acceptors (Lipinski definition) is 10. The van der Waals surface area contributed by atoms with Crippen molar-refractivity contribution >= 4 is 53.2 Å². The molecule has 44 heavy (non-hydrogen) atoms. The molecular formula is C26H49N9O8S. The van der Waals surface area contributed by atoms with E-state index in [9.17, 15) is 39.0 Å². The van der Waals surface area contributed by atoms with Gasteiger partial charge in [0.2, 0.25) is 29.5 Å². The molecule has 18 heteroatoms. The van der Waals surface area contributed by atoms with Gasteiger partial charge in [-0.15, -0.1) is 0 Å². The zero-order chi connectivity index (χ0) is 34.0. The highest BCUT2D eigenvalue weighted by Gasteiger charge is 2.33. The van der Waals surface area contributed by atoms with Gasteiger partial charge in [-0.25, -0.2) is 4.79 Å². The van der Waals surface area contributed by atoms with Crippen LogP contribution >= 0.6 is 11.8 Å². The molecule has 0 radical (unpaired) electrons. The van der Waals surface area contributed by atoms with E-state index < -0.39 is 78.4 Å². The molecule has 0 heterocycles. The van der Waals surface area contributed by atoms with Crippen LogP contribution in [-0.4, -0.2) is 113 Å². The molecule has 0 bridgehead atoms. The van der Waals surface area contributed by atoms with Crippen LogP contribution in [0.1, 0.15) is 53.4 Å². The molecule has 0 aromatic carbocycles. The third-order valence-electron chi connectivity index (χ3n) is 6.52. The average molecular weight is 648 g/mol. The van der Waals surface area contributed by atoms with Gasteiger partial charge in [0.05, 0.1) is 18.7 Å². The quantitative estimate of drug-likeness (QED) is 0.0333. The number of carbonyl (C=O) groups excluding carboxylic acids is 5. The summed E-state index contributed by atoms with van der Waals surface area (Å²) in [4.78, 5) is 79.0. The lowest BCUT2D eigenvalue weighted by Crippen LogP contribution is -2.59. The van der Waals surface area contributed by atoms with Gasteiger partial charge < -0.3 is 54.0 Å². The summed E-state index contributed by atoms with van der Waals surface area (Å²) in [5.74, 6) is -5.04. The Hall–Kier alpha value is -3.64. The Labute approximate surface area is 261 Å². The van der Waals surface area contributed by atoms with Crippen LogP contribution in [0.15, 0.2) is 4.99 Å². The fourth-order valence-corrected chi connectivity index (χ4v) is 4.17. The summed E-state index contributed by atoms with van der Waals surface area (Å²) in [5.41, 5.74) is 16.2. The van der Waals surface area contributed by atoms with Crippen LogP contribution in [0.4, 0.5) is 0 Å². The molecule has 0 aromatic heterocycles. The number of aliphatic imine (C=N–C) groups is 1. The van der Waals surface area contributed by atoms with Crippen molar-refractivity contribution in [3.05, 3.63) is 0 Å². The molecule has 0 saturated heterocycles. The number of carboxylic acids is 1. The standard InChI is InChI=1S/C26H49N9O8S/c1-6-13(2)19(25(42)43)35-23(40)17(9-11-44-5)33-24(41)20(15(4)36)34-18(37)12-31-22(39)16(32-21(38)14(3)27)8-7-10-30-26(28)29/h13-17,19-20,36H,6-12,27H2,1-5H3,(H,31,39)(H,32,38)(H,33,41)(H,34,37)(H,35,40)(H,42,43)(H4,28,29,30)/t13-,14-,15+,16-,17-,19-,20-/m0/s1. The lowest BCUT2D eigenvalue weighted by atomic mass is 9.98. The van der Waals surface area contributed by atoms with E-state index in [0.29, 0.717) is 18.6 Å². The number of thioether (sulfide) groups is 1. The summed E-state index contributed by atoms with van der Waals surface area (Å²) in [7, 11) is 0. The van der Waals surface area contributed by atoms with Crippen molar-refractivity contribution in [3.8, 4) is 0 Å². The summed E-state index contributed by atoms with van der Waals surface area (Å²) in [6.45, 7) is 5.72.